The van der Waals surface area contributed by atoms with Gasteiger partial charge in [-0.25, -0.2) is 19.3 Å². The number of nitrogens with zero attached hydrogens (tertiary/aromatic N) is 7. The molecule has 1 unspecified atom stereocenters. The van der Waals surface area contributed by atoms with Crippen molar-refractivity contribution >= 4 is 51.4 Å². The molecule has 4 aromatic rings. The van der Waals surface area contributed by atoms with E-state index in [0.29, 0.717) is 29.3 Å². The van der Waals surface area contributed by atoms with Crippen LogP contribution < -0.4 is 15.8 Å². The van der Waals surface area contributed by atoms with Crippen molar-refractivity contribution in [1.29, 1.82) is 0 Å². The minimum absolute atomic E-state index is 0.0624. The van der Waals surface area contributed by atoms with E-state index in [0.717, 1.165) is 50.4 Å². The zero-order chi connectivity index (χ0) is 26.2. The van der Waals surface area contributed by atoms with E-state index in [4.69, 9.17) is 13.0 Å². The second-order valence-corrected chi connectivity index (χ2v) is 10.2. The van der Waals surface area contributed by atoms with E-state index < -0.39 is 0 Å². The molecule has 6 rings (SSSR count). The number of hydrogen-bond donors (Lipinski definition) is 1. The maximum atomic E-state index is 13.3. The van der Waals surface area contributed by atoms with Crippen LogP contribution in [0.1, 0.15) is 23.8 Å². The van der Waals surface area contributed by atoms with E-state index in [9.17, 15) is 4.79 Å². The van der Waals surface area contributed by atoms with Gasteiger partial charge in [-0.2, -0.15) is 4.98 Å². The monoisotopic (exact) mass is 624 g/mol. The van der Waals surface area contributed by atoms with Crippen LogP contribution in [-0.4, -0.2) is 62.4 Å². The number of rotatable bonds is 7. The van der Waals surface area contributed by atoms with Crippen LogP contribution in [-0.2, 0) is 16.0 Å². The molecule has 1 atom stereocenters. The number of fused-ring (bicyclic) bond motifs is 2. The Hall–Kier alpha value is -3.29. The van der Waals surface area contributed by atoms with Gasteiger partial charge >= 0.3 is 0 Å². The summed E-state index contributed by atoms with van der Waals surface area (Å²) in [6, 6.07) is 12.3. The Labute approximate surface area is 234 Å². The summed E-state index contributed by atoms with van der Waals surface area (Å²) in [6.07, 6.45) is 5.02. The van der Waals surface area contributed by atoms with Gasteiger partial charge in [0, 0.05) is 43.8 Å². The Bertz CT molecular complexity index is 1540. The lowest BCUT2D eigenvalue weighted by Crippen LogP contribution is -2.44. The van der Waals surface area contributed by atoms with Crippen molar-refractivity contribution in [3.63, 3.8) is 0 Å². The Kier molecular flexibility index (Phi) is 6.89. The van der Waals surface area contributed by atoms with Gasteiger partial charge in [0.15, 0.2) is 11.5 Å². The van der Waals surface area contributed by atoms with E-state index in [2.05, 4.69) is 51.9 Å². The fourth-order valence-corrected chi connectivity index (χ4v) is 5.66. The van der Waals surface area contributed by atoms with Crippen molar-refractivity contribution in [2.75, 3.05) is 43.4 Å². The molecule has 1 saturated heterocycles. The van der Waals surface area contributed by atoms with Crippen LogP contribution in [0, 0.1) is 0 Å². The standard InChI is InChI=1S/C27H29IN8O2/c1-3-12-35-26(37)21-17-29-27(30-19-6-8-20(9-7-19)34-15-13-33(2)14-16-34)32-25(21)36(35)23-11-5-18-4-10-22(38-28)24(18)31-23/h3,5-9,11,17,22H,1,4,10,12-16H2,2H3,(H,29,30,32). The summed E-state index contributed by atoms with van der Waals surface area (Å²) >= 11 is 1.93. The molecule has 0 radical (unpaired) electrons. The lowest BCUT2D eigenvalue weighted by atomic mass is 10.2. The van der Waals surface area contributed by atoms with Gasteiger partial charge in [-0.05, 0) is 55.8 Å². The molecule has 4 heterocycles. The number of aryl methyl sites for hydroxylation is 1. The van der Waals surface area contributed by atoms with E-state index >= 15 is 0 Å². The fraction of sp³-hybridized carbons (Fsp3) is 0.333. The quantitative estimate of drug-likeness (QED) is 0.244. The maximum absolute atomic E-state index is 13.3. The number of likely N-dealkylation sites (N-methyl/N-ethyl adjacent to an activating group) is 1. The zero-order valence-corrected chi connectivity index (χ0v) is 23.3. The molecule has 38 heavy (non-hydrogen) atoms. The number of hydrogen-bond acceptors (Lipinski definition) is 8. The lowest BCUT2D eigenvalue weighted by molar-refractivity contribution is 0.286. The van der Waals surface area contributed by atoms with Gasteiger partial charge in [-0.15, -0.1) is 6.58 Å². The molecule has 2 aliphatic rings. The van der Waals surface area contributed by atoms with E-state index in [1.54, 1.807) is 21.6 Å². The van der Waals surface area contributed by atoms with Crippen molar-refractivity contribution < 1.29 is 3.07 Å². The van der Waals surface area contributed by atoms with Gasteiger partial charge < -0.3 is 18.2 Å². The summed E-state index contributed by atoms with van der Waals surface area (Å²) in [7, 11) is 2.16. The third kappa shape index (κ3) is 4.58. The van der Waals surface area contributed by atoms with Crippen LogP contribution in [0.3, 0.4) is 0 Å². The summed E-state index contributed by atoms with van der Waals surface area (Å²) in [5.74, 6) is 1.02. The number of piperazine rings is 1. The highest BCUT2D eigenvalue weighted by molar-refractivity contribution is 14.1. The Balaban J connectivity index is 1.34. The third-order valence-corrected chi connectivity index (χ3v) is 7.89. The first-order valence-corrected chi connectivity index (χ1v) is 13.6. The number of benzene rings is 1. The number of anilines is 3. The summed E-state index contributed by atoms with van der Waals surface area (Å²) in [4.78, 5) is 32.1. The summed E-state index contributed by atoms with van der Waals surface area (Å²) in [6.45, 7) is 8.31. The van der Waals surface area contributed by atoms with Crippen LogP contribution in [0.5, 0.6) is 0 Å². The first-order chi connectivity index (χ1) is 18.6. The molecule has 10 nitrogen and oxygen atoms in total. The molecule has 0 amide bonds. The van der Waals surface area contributed by atoms with Crippen LogP contribution in [0.25, 0.3) is 16.9 Å². The molecule has 1 aliphatic carbocycles. The third-order valence-electron chi connectivity index (χ3n) is 7.27. The lowest BCUT2D eigenvalue weighted by Gasteiger charge is -2.34. The molecule has 1 fully saturated rings. The molecule has 1 N–H and O–H groups in total. The van der Waals surface area contributed by atoms with Gasteiger partial charge in [-0.1, -0.05) is 12.1 Å². The summed E-state index contributed by atoms with van der Waals surface area (Å²) in [5, 5.41) is 3.72. The molecule has 1 aromatic carbocycles. The van der Waals surface area contributed by atoms with Crippen molar-refractivity contribution in [1.82, 2.24) is 29.2 Å². The first-order valence-electron chi connectivity index (χ1n) is 12.7. The topological polar surface area (TPSA) is 93.3 Å². The molecule has 3 aromatic heterocycles. The number of halogens is 1. The fourth-order valence-electron chi connectivity index (χ4n) is 5.17. The second kappa shape index (κ2) is 10.5. The van der Waals surface area contributed by atoms with Crippen molar-refractivity contribution in [2.45, 2.75) is 25.5 Å². The molecular formula is C27H29IN8O2. The minimum Gasteiger partial charge on any atom is -0.369 e. The average molecular weight is 624 g/mol. The summed E-state index contributed by atoms with van der Waals surface area (Å²) in [5.41, 5.74) is 4.45. The number of pyridine rings is 1. The van der Waals surface area contributed by atoms with Gasteiger partial charge in [0.25, 0.3) is 5.56 Å². The van der Waals surface area contributed by atoms with E-state index in [1.807, 2.05) is 41.2 Å². The van der Waals surface area contributed by atoms with Gasteiger partial charge in [0.2, 0.25) is 5.95 Å². The number of aromatic nitrogens is 5. The van der Waals surface area contributed by atoms with Crippen molar-refractivity contribution in [2.24, 2.45) is 0 Å². The molecule has 11 heteroatoms. The molecule has 0 saturated carbocycles. The highest BCUT2D eigenvalue weighted by atomic mass is 127. The molecule has 0 bridgehead atoms. The predicted octanol–water partition coefficient (Wildman–Crippen LogP) is 4.01. The van der Waals surface area contributed by atoms with Crippen LogP contribution in [0.15, 0.2) is 60.0 Å². The van der Waals surface area contributed by atoms with Crippen LogP contribution in [0.4, 0.5) is 17.3 Å². The highest BCUT2D eigenvalue weighted by Gasteiger charge is 2.26. The normalized spacial score (nSPS) is 17.6. The van der Waals surface area contributed by atoms with Crippen molar-refractivity contribution in [3.8, 4) is 5.82 Å². The first kappa shape index (κ1) is 25.0. The zero-order valence-electron chi connectivity index (χ0n) is 21.2. The SMILES string of the molecule is C=CCn1c(=O)c2cnc(Nc3ccc(N4CCN(C)CC4)cc3)nc2n1-c1ccc2c(n1)C(OI)CC2. The Morgan fingerprint density at radius 2 is 1.92 bits per heavy atom. The average Bonchev–Trinajstić information content (AvgIpc) is 3.47. The van der Waals surface area contributed by atoms with Gasteiger partial charge in [0.1, 0.15) is 34.5 Å². The van der Waals surface area contributed by atoms with Crippen molar-refractivity contribution in [3.05, 3.63) is 76.9 Å². The molecular weight excluding hydrogens is 595 g/mol. The maximum Gasteiger partial charge on any atom is 0.278 e. The smallest absolute Gasteiger partial charge is 0.278 e. The van der Waals surface area contributed by atoms with E-state index in [-0.39, 0.29) is 11.7 Å². The largest absolute Gasteiger partial charge is 0.369 e. The van der Waals surface area contributed by atoms with Gasteiger partial charge in [-0.3, -0.25) is 4.79 Å². The Morgan fingerprint density at radius 1 is 1.13 bits per heavy atom. The highest BCUT2D eigenvalue weighted by Crippen LogP contribution is 2.34. The molecule has 0 spiro atoms. The molecule has 1 aliphatic heterocycles. The predicted molar refractivity (Wildman–Crippen MR) is 157 cm³/mol. The van der Waals surface area contributed by atoms with E-state index in [1.165, 1.54) is 11.3 Å². The molecule has 196 valence electrons. The summed E-state index contributed by atoms with van der Waals surface area (Å²) < 4.78 is 8.95. The van der Waals surface area contributed by atoms with Crippen LogP contribution >= 0.6 is 23.0 Å². The van der Waals surface area contributed by atoms with Gasteiger partial charge in [0.05, 0.1) is 12.2 Å². The van der Waals surface area contributed by atoms with Crippen LogP contribution in [0.2, 0.25) is 0 Å². The Morgan fingerprint density at radius 3 is 2.66 bits per heavy atom. The number of allylic oxidation sites excluding steroid dienone is 1. The second-order valence-electron chi connectivity index (χ2n) is 9.71. The minimum atomic E-state index is -0.188. The number of nitrogens with one attached hydrogen (secondary N) is 1.